The third kappa shape index (κ3) is 3.84. The van der Waals surface area contributed by atoms with Crippen LogP contribution in [0.2, 0.25) is 0 Å². The molecule has 1 saturated carbocycles. The molecule has 0 bridgehead atoms. The largest absolute Gasteiger partial charge is 0.385 e. The topological polar surface area (TPSA) is 76.5 Å². The number of nitrogens with zero attached hydrogens (tertiary/aromatic N) is 3. The van der Waals surface area contributed by atoms with Crippen molar-refractivity contribution in [1.82, 2.24) is 19.8 Å². The second-order valence-corrected chi connectivity index (χ2v) is 9.43. The van der Waals surface area contributed by atoms with E-state index in [1.807, 2.05) is 35.8 Å². The van der Waals surface area contributed by atoms with Crippen molar-refractivity contribution in [3.63, 3.8) is 0 Å². The monoisotopic (exact) mass is 426 g/mol. The van der Waals surface area contributed by atoms with Gasteiger partial charge in [0.05, 0.1) is 17.6 Å². The zero-order valence-corrected chi connectivity index (χ0v) is 19.1. The van der Waals surface area contributed by atoms with Crippen molar-refractivity contribution < 1.29 is 14.3 Å². The van der Waals surface area contributed by atoms with Crippen LogP contribution in [0.3, 0.4) is 0 Å². The molecule has 0 saturated heterocycles. The fourth-order valence-corrected chi connectivity index (χ4v) is 5.16. The maximum Gasteiger partial charge on any atom is 0.290 e. The fourth-order valence-electron chi connectivity index (χ4n) is 5.16. The predicted octanol–water partition coefficient (Wildman–Crippen LogP) is 3.23. The number of para-hydroxylation sites is 2. The average Bonchev–Trinajstić information content (AvgIpc) is 3.12. The number of ether oxygens (including phenoxy) is 1. The molecule has 2 aromatic rings. The van der Waals surface area contributed by atoms with Gasteiger partial charge >= 0.3 is 0 Å². The van der Waals surface area contributed by atoms with E-state index in [-0.39, 0.29) is 17.9 Å². The zero-order valence-electron chi connectivity index (χ0n) is 19.1. The maximum absolute atomic E-state index is 13.7. The number of hydrogen-bond acceptors (Lipinski definition) is 4. The summed E-state index contributed by atoms with van der Waals surface area (Å²) in [6, 6.07) is 7.87. The van der Waals surface area contributed by atoms with Gasteiger partial charge in [0.25, 0.3) is 5.91 Å². The summed E-state index contributed by atoms with van der Waals surface area (Å²) in [4.78, 5) is 33.5. The summed E-state index contributed by atoms with van der Waals surface area (Å²) in [5, 5.41) is 3.32. The number of imidazole rings is 1. The number of amides is 2. The highest BCUT2D eigenvalue weighted by atomic mass is 16.5. The third-order valence-corrected chi connectivity index (χ3v) is 7.40. The number of methoxy groups -OCH3 is 1. The fraction of sp³-hybridized carbons (Fsp3) is 0.625. The van der Waals surface area contributed by atoms with Gasteiger partial charge in [-0.05, 0) is 43.7 Å². The normalized spacial score (nSPS) is 28.6. The average molecular weight is 427 g/mol. The first-order chi connectivity index (χ1) is 14.9. The number of carbonyl (C=O) groups excluding carboxylic acids is 2. The van der Waals surface area contributed by atoms with Crippen LogP contribution in [0.5, 0.6) is 0 Å². The van der Waals surface area contributed by atoms with Gasteiger partial charge in [0.1, 0.15) is 5.54 Å². The van der Waals surface area contributed by atoms with Crippen molar-refractivity contribution in [2.24, 2.45) is 11.8 Å². The minimum atomic E-state index is -0.984. The van der Waals surface area contributed by atoms with E-state index in [1.165, 1.54) is 6.42 Å². The van der Waals surface area contributed by atoms with Crippen LogP contribution < -0.4 is 5.32 Å². The van der Waals surface area contributed by atoms with Crippen LogP contribution in [0.25, 0.3) is 11.0 Å². The summed E-state index contributed by atoms with van der Waals surface area (Å²) in [6.45, 7) is 7.76. The lowest BCUT2D eigenvalue weighted by molar-refractivity contribution is -0.134. The summed E-state index contributed by atoms with van der Waals surface area (Å²) in [5.74, 6) is 1.14. The molecule has 7 nitrogen and oxygen atoms in total. The highest BCUT2D eigenvalue weighted by molar-refractivity contribution is 6.01. The SMILES string of the molecule is COCCCN1C(=O)c2nc3ccccc3n2C[C@]1(C)C(=O)N[C@@H]1CCC[C@H](C)[C@H]1C. The molecule has 168 valence electrons. The number of hydrogen-bond donors (Lipinski definition) is 1. The lowest BCUT2D eigenvalue weighted by Gasteiger charge is -2.45. The van der Waals surface area contributed by atoms with Gasteiger partial charge in [-0.2, -0.15) is 0 Å². The number of aromatic nitrogens is 2. The molecule has 1 fully saturated rings. The molecule has 1 aliphatic carbocycles. The molecule has 2 amide bonds. The summed E-state index contributed by atoms with van der Waals surface area (Å²) < 4.78 is 7.12. The Bertz CT molecular complexity index is 971. The first-order valence-corrected chi connectivity index (χ1v) is 11.4. The van der Waals surface area contributed by atoms with Crippen molar-refractivity contribution in [3.05, 3.63) is 30.1 Å². The van der Waals surface area contributed by atoms with Crippen LogP contribution >= 0.6 is 0 Å². The van der Waals surface area contributed by atoms with Crippen LogP contribution in [0.4, 0.5) is 0 Å². The summed E-state index contributed by atoms with van der Waals surface area (Å²) in [6.07, 6.45) is 3.99. The van der Waals surface area contributed by atoms with E-state index in [9.17, 15) is 9.59 Å². The zero-order chi connectivity index (χ0) is 22.2. The van der Waals surface area contributed by atoms with Gasteiger partial charge in [-0.15, -0.1) is 0 Å². The molecule has 4 atom stereocenters. The van der Waals surface area contributed by atoms with Crippen molar-refractivity contribution in [1.29, 1.82) is 0 Å². The second kappa shape index (κ2) is 8.61. The van der Waals surface area contributed by atoms with Crippen LogP contribution in [-0.4, -0.2) is 58.1 Å². The Hall–Kier alpha value is -2.41. The van der Waals surface area contributed by atoms with Crippen LogP contribution in [0.15, 0.2) is 24.3 Å². The Morgan fingerprint density at radius 3 is 2.84 bits per heavy atom. The molecular formula is C24H34N4O3. The Balaban J connectivity index is 1.68. The standard InChI is InChI=1S/C24H34N4O3/c1-16-9-7-11-18(17(16)2)26-23(30)24(3)15-27-20-12-6-5-10-19(20)25-21(27)22(29)28(24)13-8-14-31-4/h5-6,10,12,16-18H,7-9,11,13-15H2,1-4H3,(H,26,30)/t16-,17+,18+,24+/m0/s1. The molecule has 31 heavy (non-hydrogen) atoms. The first-order valence-electron chi connectivity index (χ1n) is 11.4. The molecule has 2 aliphatic rings. The van der Waals surface area contributed by atoms with Crippen molar-refractivity contribution in [2.45, 2.75) is 64.6 Å². The number of nitrogens with one attached hydrogen (secondary N) is 1. The van der Waals surface area contributed by atoms with Crippen molar-refractivity contribution >= 4 is 22.8 Å². The van der Waals surface area contributed by atoms with E-state index in [1.54, 1.807) is 12.0 Å². The number of rotatable bonds is 6. The van der Waals surface area contributed by atoms with E-state index in [4.69, 9.17) is 4.74 Å². The van der Waals surface area contributed by atoms with Gasteiger partial charge in [0, 0.05) is 26.3 Å². The number of fused-ring (bicyclic) bond motifs is 3. The van der Waals surface area contributed by atoms with Crippen molar-refractivity contribution in [2.75, 3.05) is 20.3 Å². The van der Waals surface area contributed by atoms with Gasteiger partial charge in [0.2, 0.25) is 5.91 Å². The van der Waals surface area contributed by atoms with Gasteiger partial charge in [-0.1, -0.05) is 38.8 Å². The Labute approximate surface area is 184 Å². The van der Waals surface area contributed by atoms with E-state index in [2.05, 4.69) is 24.1 Å². The molecular weight excluding hydrogens is 392 g/mol. The van der Waals surface area contributed by atoms with Gasteiger partial charge < -0.3 is 19.5 Å². The minimum absolute atomic E-state index is 0.0763. The maximum atomic E-state index is 13.7. The number of carbonyl (C=O) groups is 2. The summed E-state index contributed by atoms with van der Waals surface area (Å²) in [7, 11) is 1.65. The van der Waals surface area contributed by atoms with E-state index < -0.39 is 5.54 Å². The molecule has 0 radical (unpaired) electrons. The predicted molar refractivity (Wildman–Crippen MR) is 120 cm³/mol. The molecule has 7 heteroatoms. The highest BCUT2D eigenvalue weighted by Crippen LogP contribution is 2.33. The summed E-state index contributed by atoms with van der Waals surface area (Å²) in [5.41, 5.74) is 0.685. The van der Waals surface area contributed by atoms with Crippen molar-refractivity contribution in [3.8, 4) is 0 Å². The van der Waals surface area contributed by atoms with E-state index in [0.717, 1.165) is 23.9 Å². The van der Waals surface area contributed by atoms with Gasteiger partial charge in [0.15, 0.2) is 5.82 Å². The van der Waals surface area contributed by atoms with Crippen LogP contribution in [-0.2, 0) is 16.1 Å². The molecule has 0 spiro atoms. The molecule has 1 aromatic heterocycles. The van der Waals surface area contributed by atoms with Crippen LogP contribution in [0.1, 0.15) is 57.1 Å². The van der Waals surface area contributed by atoms with Gasteiger partial charge in [-0.25, -0.2) is 4.98 Å². The molecule has 2 heterocycles. The van der Waals surface area contributed by atoms with E-state index >= 15 is 0 Å². The molecule has 0 unspecified atom stereocenters. The molecule has 1 N–H and O–H groups in total. The Morgan fingerprint density at radius 1 is 1.29 bits per heavy atom. The molecule has 1 aromatic carbocycles. The minimum Gasteiger partial charge on any atom is -0.385 e. The van der Waals surface area contributed by atoms with Crippen LogP contribution in [0, 0.1) is 11.8 Å². The smallest absolute Gasteiger partial charge is 0.290 e. The quantitative estimate of drug-likeness (QED) is 0.720. The summed E-state index contributed by atoms with van der Waals surface area (Å²) >= 11 is 0. The Morgan fingerprint density at radius 2 is 2.06 bits per heavy atom. The highest BCUT2D eigenvalue weighted by Gasteiger charge is 2.49. The van der Waals surface area contributed by atoms with Gasteiger partial charge in [-0.3, -0.25) is 9.59 Å². The second-order valence-electron chi connectivity index (χ2n) is 9.43. The first kappa shape index (κ1) is 21.8. The number of benzene rings is 1. The molecule has 1 aliphatic heterocycles. The lowest BCUT2D eigenvalue weighted by Crippen LogP contribution is -2.65. The lowest BCUT2D eigenvalue weighted by atomic mass is 9.77. The third-order valence-electron chi connectivity index (χ3n) is 7.40. The Kier molecular flexibility index (Phi) is 6.06. The van der Waals surface area contributed by atoms with E-state index in [0.29, 0.717) is 43.8 Å². The molecule has 4 rings (SSSR count).